The summed E-state index contributed by atoms with van der Waals surface area (Å²) in [6.45, 7) is 2.03. The van der Waals surface area contributed by atoms with Crippen molar-refractivity contribution in [3.8, 4) is 0 Å². The normalized spacial score (nSPS) is 11.8. The van der Waals surface area contributed by atoms with Crippen LogP contribution in [-0.2, 0) is 16.4 Å². The molecule has 0 saturated heterocycles. The zero-order valence-corrected chi connectivity index (χ0v) is 15.1. The highest BCUT2D eigenvalue weighted by molar-refractivity contribution is 7.89. The molecule has 0 unspecified atom stereocenters. The average molecular weight is 377 g/mol. The molecule has 0 amide bonds. The zero-order valence-electron chi connectivity index (χ0n) is 13.5. The summed E-state index contributed by atoms with van der Waals surface area (Å²) in [5.41, 5.74) is 2.29. The SMILES string of the molecule is Cc1cc2cc(CCNS(=O)(=O)c3ccc(Cl)cc3)ccc2[nH]c1=O. The van der Waals surface area contributed by atoms with Crippen LogP contribution in [0.1, 0.15) is 11.1 Å². The number of hydrogen-bond acceptors (Lipinski definition) is 3. The van der Waals surface area contributed by atoms with E-state index in [4.69, 9.17) is 11.6 Å². The van der Waals surface area contributed by atoms with E-state index >= 15 is 0 Å². The van der Waals surface area contributed by atoms with Gasteiger partial charge in [-0.1, -0.05) is 17.7 Å². The van der Waals surface area contributed by atoms with Crippen molar-refractivity contribution in [2.45, 2.75) is 18.2 Å². The number of hydrogen-bond donors (Lipinski definition) is 2. The van der Waals surface area contributed by atoms with Gasteiger partial charge in [-0.05, 0) is 66.8 Å². The highest BCUT2D eigenvalue weighted by Gasteiger charge is 2.13. The number of rotatable bonds is 5. The van der Waals surface area contributed by atoms with Crippen LogP contribution in [0.2, 0.25) is 5.02 Å². The van der Waals surface area contributed by atoms with Gasteiger partial charge in [-0.3, -0.25) is 4.79 Å². The Morgan fingerprint density at radius 1 is 1.08 bits per heavy atom. The molecule has 1 heterocycles. The Bertz CT molecular complexity index is 1070. The Labute approximate surface area is 150 Å². The van der Waals surface area contributed by atoms with E-state index in [9.17, 15) is 13.2 Å². The van der Waals surface area contributed by atoms with Crippen LogP contribution >= 0.6 is 11.6 Å². The number of aromatic nitrogens is 1. The number of nitrogens with one attached hydrogen (secondary N) is 2. The molecule has 3 aromatic rings. The lowest BCUT2D eigenvalue weighted by atomic mass is 10.1. The molecule has 5 nitrogen and oxygen atoms in total. The quantitative estimate of drug-likeness (QED) is 0.718. The standard InChI is InChI=1S/C18H17ClN2O3S/c1-12-10-14-11-13(2-7-17(14)21-18(12)22)8-9-20-25(23,24)16-5-3-15(19)4-6-16/h2-7,10-11,20H,8-9H2,1H3,(H,21,22). The second-order valence-corrected chi connectivity index (χ2v) is 8.01. The van der Waals surface area contributed by atoms with Gasteiger partial charge in [-0.2, -0.15) is 0 Å². The topological polar surface area (TPSA) is 79.0 Å². The predicted octanol–water partition coefficient (Wildman–Crippen LogP) is 3.01. The first-order chi connectivity index (χ1) is 11.8. The number of aromatic amines is 1. The average Bonchev–Trinajstić information content (AvgIpc) is 2.56. The summed E-state index contributed by atoms with van der Waals surface area (Å²) >= 11 is 5.78. The Morgan fingerprint density at radius 3 is 2.52 bits per heavy atom. The lowest BCUT2D eigenvalue weighted by Crippen LogP contribution is -2.25. The van der Waals surface area contributed by atoms with E-state index in [0.29, 0.717) is 17.0 Å². The van der Waals surface area contributed by atoms with Crippen molar-refractivity contribution >= 4 is 32.5 Å². The third-order valence-corrected chi connectivity index (χ3v) is 5.65. The van der Waals surface area contributed by atoms with Crippen molar-refractivity contribution in [1.82, 2.24) is 9.71 Å². The third-order valence-electron chi connectivity index (χ3n) is 3.92. The first-order valence-electron chi connectivity index (χ1n) is 7.73. The van der Waals surface area contributed by atoms with Gasteiger partial charge in [0.15, 0.2) is 0 Å². The Morgan fingerprint density at radius 2 is 1.80 bits per heavy atom. The van der Waals surface area contributed by atoms with Gasteiger partial charge in [-0.15, -0.1) is 0 Å². The van der Waals surface area contributed by atoms with Crippen LogP contribution in [0, 0.1) is 6.92 Å². The van der Waals surface area contributed by atoms with Crippen LogP contribution in [0.5, 0.6) is 0 Å². The van der Waals surface area contributed by atoms with E-state index in [1.54, 1.807) is 19.1 Å². The number of benzene rings is 2. The Hall–Kier alpha value is -2.15. The molecule has 0 bridgehead atoms. The molecule has 2 N–H and O–H groups in total. The van der Waals surface area contributed by atoms with Crippen molar-refractivity contribution in [2.75, 3.05) is 6.54 Å². The molecular weight excluding hydrogens is 360 g/mol. The molecule has 0 aliphatic heterocycles. The minimum Gasteiger partial charge on any atom is -0.322 e. The van der Waals surface area contributed by atoms with Crippen LogP contribution in [-0.4, -0.2) is 19.9 Å². The maximum Gasteiger partial charge on any atom is 0.251 e. The Kier molecular flexibility index (Phi) is 4.94. The summed E-state index contributed by atoms with van der Waals surface area (Å²) in [6.07, 6.45) is 0.543. The fourth-order valence-corrected chi connectivity index (χ4v) is 3.71. The van der Waals surface area contributed by atoms with Gasteiger partial charge in [0.2, 0.25) is 10.0 Å². The van der Waals surface area contributed by atoms with Gasteiger partial charge in [0.25, 0.3) is 5.56 Å². The van der Waals surface area contributed by atoms with E-state index in [2.05, 4.69) is 9.71 Å². The number of sulfonamides is 1. The van der Waals surface area contributed by atoms with E-state index in [1.807, 2.05) is 24.3 Å². The number of aryl methyl sites for hydroxylation is 1. The lowest BCUT2D eigenvalue weighted by molar-refractivity contribution is 0.581. The van der Waals surface area contributed by atoms with Gasteiger partial charge >= 0.3 is 0 Å². The maximum absolute atomic E-state index is 12.2. The summed E-state index contributed by atoms with van der Waals surface area (Å²) in [5, 5.41) is 1.42. The van der Waals surface area contributed by atoms with E-state index < -0.39 is 10.0 Å². The molecule has 0 aliphatic carbocycles. The fraction of sp³-hybridized carbons (Fsp3) is 0.167. The van der Waals surface area contributed by atoms with Crippen molar-refractivity contribution in [1.29, 1.82) is 0 Å². The highest BCUT2D eigenvalue weighted by Crippen LogP contribution is 2.15. The van der Waals surface area contributed by atoms with Gasteiger partial charge in [0.05, 0.1) is 4.90 Å². The number of halogens is 1. The van der Waals surface area contributed by atoms with Crippen molar-refractivity contribution in [2.24, 2.45) is 0 Å². The van der Waals surface area contributed by atoms with E-state index in [0.717, 1.165) is 16.5 Å². The lowest BCUT2D eigenvalue weighted by Gasteiger charge is -2.08. The van der Waals surface area contributed by atoms with Gasteiger partial charge in [0, 0.05) is 22.6 Å². The number of H-pyrrole nitrogens is 1. The van der Waals surface area contributed by atoms with Crippen molar-refractivity contribution < 1.29 is 8.42 Å². The molecule has 0 fully saturated rings. The van der Waals surface area contributed by atoms with Crippen molar-refractivity contribution in [3.05, 3.63) is 75.0 Å². The monoisotopic (exact) mass is 376 g/mol. The molecule has 0 spiro atoms. The summed E-state index contributed by atoms with van der Waals surface area (Å²) in [6, 6.07) is 13.5. The first-order valence-corrected chi connectivity index (χ1v) is 9.59. The summed E-state index contributed by atoms with van der Waals surface area (Å²) in [7, 11) is -3.56. The smallest absolute Gasteiger partial charge is 0.251 e. The predicted molar refractivity (Wildman–Crippen MR) is 99.7 cm³/mol. The largest absolute Gasteiger partial charge is 0.322 e. The molecule has 0 radical (unpaired) electrons. The molecule has 1 aromatic heterocycles. The Balaban J connectivity index is 1.71. The second-order valence-electron chi connectivity index (χ2n) is 5.80. The van der Waals surface area contributed by atoms with Gasteiger partial charge < -0.3 is 4.98 Å². The fourth-order valence-electron chi connectivity index (χ4n) is 2.55. The molecule has 130 valence electrons. The van der Waals surface area contributed by atoms with Crippen LogP contribution in [0.3, 0.4) is 0 Å². The maximum atomic E-state index is 12.2. The number of fused-ring (bicyclic) bond motifs is 1. The minimum atomic E-state index is -3.56. The first kappa shape index (κ1) is 17.7. The molecular formula is C18H17ClN2O3S. The third kappa shape index (κ3) is 4.10. The number of pyridine rings is 1. The minimum absolute atomic E-state index is 0.101. The van der Waals surface area contributed by atoms with Crippen LogP contribution in [0.15, 0.2) is 58.2 Å². The highest BCUT2D eigenvalue weighted by atomic mass is 35.5. The molecule has 3 rings (SSSR count). The van der Waals surface area contributed by atoms with Gasteiger partial charge in [-0.25, -0.2) is 13.1 Å². The molecule has 7 heteroatoms. The zero-order chi connectivity index (χ0) is 18.0. The van der Waals surface area contributed by atoms with Crippen LogP contribution in [0.25, 0.3) is 10.9 Å². The van der Waals surface area contributed by atoms with E-state index in [-0.39, 0.29) is 17.0 Å². The summed E-state index contributed by atoms with van der Waals surface area (Å²) in [4.78, 5) is 14.6. The molecule has 0 aliphatic rings. The van der Waals surface area contributed by atoms with Gasteiger partial charge in [0.1, 0.15) is 0 Å². The molecule has 0 saturated carbocycles. The summed E-state index contributed by atoms with van der Waals surface area (Å²) in [5.74, 6) is 0. The molecule has 0 atom stereocenters. The van der Waals surface area contributed by atoms with E-state index in [1.165, 1.54) is 12.1 Å². The van der Waals surface area contributed by atoms with Crippen LogP contribution < -0.4 is 10.3 Å². The second kappa shape index (κ2) is 7.00. The molecule has 25 heavy (non-hydrogen) atoms. The van der Waals surface area contributed by atoms with Crippen molar-refractivity contribution in [3.63, 3.8) is 0 Å². The summed E-state index contributed by atoms with van der Waals surface area (Å²) < 4.78 is 27.1. The molecule has 2 aromatic carbocycles. The van der Waals surface area contributed by atoms with Crippen LogP contribution in [0.4, 0.5) is 0 Å².